The number of para-hydroxylation sites is 3. The number of amidine groups is 1. The fourth-order valence-corrected chi connectivity index (χ4v) is 19.5. The van der Waals surface area contributed by atoms with Crippen LogP contribution in [0.4, 0.5) is 0 Å². The summed E-state index contributed by atoms with van der Waals surface area (Å²) in [4.78, 5) is 27.1. The lowest BCUT2D eigenvalue weighted by Crippen LogP contribution is -2.31. The summed E-state index contributed by atoms with van der Waals surface area (Å²) in [5, 5.41) is 15.4. The van der Waals surface area contributed by atoms with Gasteiger partial charge in [-0.3, -0.25) is 0 Å². The fourth-order valence-electron chi connectivity index (χ4n) is 19.5. The number of aromatic nitrogens is 6. The van der Waals surface area contributed by atoms with Gasteiger partial charge in [0, 0.05) is 93.3 Å². The molecule has 0 saturated heterocycles. The first-order valence-corrected chi connectivity index (χ1v) is 42.2. The van der Waals surface area contributed by atoms with Crippen molar-refractivity contribution >= 4 is 98.5 Å². The first kappa shape index (κ1) is 71.1. The van der Waals surface area contributed by atoms with Gasteiger partial charge in [0.25, 0.3) is 0 Å². The summed E-state index contributed by atoms with van der Waals surface area (Å²) in [6, 6.07) is 147. The maximum absolute atomic E-state index is 5.64. The average molecular weight is 1570 g/mol. The van der Waals surface area contributed by atoms with E-state index in [4.69, 9.17) is 24.9 Å². The van der Waals surface area contributed by atoms with E-state index in [0.29, 0.717) is 5.82 Å². The molecule has 0 saturated carbocycles. The summed E-state index contributed by atoms with van der Waals surface area (Å²) in [6.45, 7) is 4.66. The Morgan fingerprint density at radius 2 is 0.707 bits per heavy atom. The van der Waals surface area contributed by atoms with Gasteiger partial charge >= 0.3 is 0 Å². The van der Waals surface area contributed by atoms with E-state index in [1.54, 1.807) is 0 Å². The van der Waals surface area contributed by atoms with Crippen LogP contribution < -0.4 is 5.32 Å². The molecular weight excluding hydrogens is 1490 g/mol. The van der Waals surface area contributed by atoms with Crippen molar-refractivity contribution in [2.75, 3.05) is 0 Å². The summed E-state index contributed by atoms with van der Waals surface area (Å²) in [5.74, 6) is 1.50. The largest absolute Gasteiger partial charge is 0.359 e. The molecule has 1 atom stereocenters. The van der Waals surface area contributed by atoms with Crippen LogP contribution in [0.25, 0.3) is 205 Å². The molecule has 576 valence electrons. The first-order chi connectivity index (χ1) is 60.7. The number of nitrogens with one attached hydrogen (secondary N) is 1. The molecule has 6 heterocycles. The Kier molecular flexibility index (Phi) is 16.5. The molecule has 5 aromatic heterocycles. The van der Waals surface area contributed by atoms with Crippen molar-refractivity contribution in [2.45, 2.75) is 25.3 Å². The smallest absolute Gasteiger partial charge is 0.160 e. The van der Waals surface area contributed by atoms with E-state index in [1.165, 1.54) is 43.8 Å². The Hall–Kier alpha value is -16.0. The van der Waals surface area contributed by atoms with Crippen LogP contribution in [0.5, 0.6) is 0 Å². The Morgan fingerprint density at radius 3 is 1.30 bits per heavy atom. The number of pyridine rings is 2. The van der Waals surface area contributed by atoms with Gasteiger partial charge in [0.15, 0.2) is 5.82 Å². The number of hydrogen-bond acceptors (Lipinski definition) is 6. The van der Waals surface area contributed by atoms with Gasteiger partial charge in [-0.05, 0) is 175 Å². The van der Waals surface area contributed by atoms with Gasteiger partial charge < -0.3 is 14.5 Å². The van der Waals surface area contributed by atoms with Gasteiger partial charge in [0.2, 0.25) is 0 Å². The molecule has 1 aliphatic heterocycles. The predicted molar refractivity (Wildman–Crippen MR) is 511 cm³/mol. The molecule has 2 aliphatic rings. The minimum Gasteiger partial charge on any atom is -0.359 e. The molecular formula is C115H76N8. The number of hydrogen-bond donors (Lipinski definition) is 1. The van der Waals surface area contributed by atoms with Crippen LogP contribution in [0.3, 0.4) is 0 Å². The highest BCUT2D eigenvalue weighted by molar-refractivity contribution is 6.30. The molecule has 24 rings (SSSR count). The highest BCUT2D eigenvalue weighted by Crippen LogP contribution is 2.51. The standard InChI is InChI=1S/C115H76N8/c1-115(2)95-40-21-18-37-87(95)88-58-53-84(68-96(88)115)102-70-100(119-113(121-102)78-31-14-6-15-32-78)75-47-43-73(44-48-75)81-54-61-97-93(66-81)89-60-64-106-108(109(89)111(116-97)76-27-10-4-11-28-76)92-39-20-23-42-104(92)123(106)86-56-51-72(52-57-86)71-45-49-79(50-46-71)114-118-99(74-25-8-3-9-26-74)69-101(120-114)83-34-24-33-80(65-83)82-55-62-98-94(67-82)90-59-63-105-107(110(90)112(117-98)77-29-12-5-13-30-77)91-38-19-22-41-103(91)122(105)85-35-16-7-17-36-85/h3-70,101H,1-2H3,(H,118,120). The zero-order valence-electron chi connectivity index (χ0n) is 67.5. The van der Waals surface area contributed by atoms with Crippen LogP contribution >= 0.6 is 0 Å². The van der Waals surface area contributed by atoms with Crippen molar-refractivity contribution in [3.8, 4) is 112 Å². The predicted octanol–water partition coefficient (Wildman–Crippen LogP) is 28.8. The summed E-state index contributed by atoms with van der Waals surface area (Å²) >= 11 is 0. The number of fused-ring (bicyclic) bond motifs is 17. The average Bonchev–Trinajstić information content (AvgIpc) is 1.60. The molecule has 0 fully saturated rings. The van der Waals surface area contributed by atoms with Crippen LogP contribution in [0, 0.1) is 0 Å². The number of aliphatic imine (C=N–C) groups is 1. The van der Waals surface area contributed by atoms with Crippen molar-refractivity contribution in [1.29, 1.82) is 0 Å². The highest BCUT2D eigenvalue weighted by atomic mass is 15.1. The van der Waals surface area contributed by atoms with E-state index < -0.39 is 0 Å². The monoisotopic (exact) mass is 1570 g/mol. The molecule has 0 amide bonds. The van der Waals surface area contributed by atoms with Crippen molar-refractivity contribution in [2.24, 2.45) is 4.99 Å². The molecule has 123 heavy (non-hydrogen) atoms. The van der Waals surface area contributed by atoms with Crippen molar-refractivity contribution < 1.29 is 0 Å². The molecule has 22 aromatic rings. The Balaban J connectivity index is 0.542. The molecule has 0 radical (unpaired) electrons. The van der Waals surface area contributed by atoms with Crippen LogP contribution in [0.2, 0.25) is 0 Å². The second-order valence-corrected chi connectivity index (χ2v) is 33.0. The van der Waals surface area contributed by atoms with E-state index in [1.807, 2.05) is 6.07 Å². The van der Waals surface area contributed by atoms with Crippen molar-refractivity contribution in [3.05, 3.63) is 440 Å². The van der Waals surface area contributed by atoms with E-state index in [-0.39, 0.29) is 11.5 Å². The Bertz CT molecular complexity index is 8110. The quantitative estimate of drug-likeness (QED) is 0.116. The third-order valence-electron chi connectivity index (χ3n) is 25.6. The van der Waals surface area contributed by atoms with E-state index >= 15 is 0 Å². The van der Waals surface area contributed by atoms with Gasteiger partial charge in [-0.15, -0.1) is 0 Å². The van der Waals surface area contributed by atoms with E-state index in [2.05, 4.69) is 435 Å². The fraction of sp³-hybridized carbons (Fsp3) is 0.0348. The minimum atomic E-state index is -0.188. The van der Waals surface area contributed by atoms with E-state index in [0.717, 1.165) is 189 Å². The summed E-state index contributed by atoms with van der Waals surface area (Å²) < 4.78 is 4.82. The highest BCUT2D eigenvalue weighted by Gasteiger charge is 2.36. The molecule has 8 heteroatoms. The van der Waals surface area contributed by atoms with Gasteiger partial charge in [-0.25, -0.2) is 24.9 Å². The molecule has 17 aromatic carbocycles. The molecule has 0 spiro atoms. The van der Waals surface area contributed by atoms with Gasteiger partial charge in [-0.2, -0.15) is 0 Å². The molecule has 1 N–H and O–H groups in total. The lowest BCUT2D eigenvalue weighted by Gasteiger charge is -2.25. The lowest BCUT2D eigenvalue weighted by atomic mass is 9.82. The second kappa shape index (κ2) is 28.6. The second-order valence-electron chi connectivity index (χ2n) is 33.0. The Labute approximate surface area is 711 Å². The first-order valence-electron chi connectivity index (χ1n) is 42.2. The lowest BCUT2D eigenvalue weighted by molar-refractivity contribution is 0.660. The molecule has 1 unspecified atom stereocenters. The van der Waals surface area contributed by atoms with Crippen molar-refractivity contribution in [3.63, 3.8) is 0 Å². The van der Waals surface area contributed by atoms with Gasteiger partial charge in [0.1, 0.15) is 5.84 Å². The summed E-state index contributed by atoms with van der Waals surface area (Å²) in [5.41, 5.74) is 33.4. The summed E-state index contributed by atoms with van der Waals surface area (Å²) in [7, 11) is 0. The number of rotatable bonds is 13. The molecule has 0 bridgehead atoms. The number of benzene rings is 17. The number of nitrogens with zero attached hydrogens (tertiary/aromatic N) is 7. The third kappa shape index (κ3) is 11.9. The zero-order valence-corrected chi connectivity index (χ0v) is 67.5. The topological polar surface area (TPSA) is 85.8 Å². The molecule has 8 nitrogen and oxygen atoms in total. The van der Waals surface area contributed by atoms with Gasteiger partial charge in [0.05, 0.1) is 67.6 Å². The maximum atomic E-state index is 5.64. The van der Waals surface area contributed by atoms with Crippen LogP contribution in [0.1, 0.15) is 47.7 Å². The minimum absolute atomic E-state index is 0.143. The van der Waals surface area contributed by atoms with Crippen molar-refractivity contribution in [1.82, 2.24) is 34.4 Å². The van der Waals surface area contributed by atoms with E-state index in [9.17, 15) is 0 Å². The molecule has 1 aliphatic carbocycles. The van der Waals surface area contributed by atoms with Crippen LogP contribution in [0.15, 0.2) is 418 Å². The van der Waals surface area contributed by atoms with Crippen LogP contribution in [-0.2, 0) is 5.41 Å². The normalized spacial score (nSPS) is 13.6. The van der Waals surface area contributed by atoms with Gasteiger partial charge in [-0.1, -0.05) is 329 Å². The summed E-state index contributed by atoms with van der Waals surface area (Å²) in [6.07, 6.45) is 2.26. The Morgan fingerprint density at radius 1 is 0.268 bits per heavy atom. The maximum Gasteiger partial charge on any atom is 0.160 e. The third-order valence-corrected chi connectivity index (χ3v) is 25.6. The SMILES string of the molecule is CC1(C)c2ccccc2-c2ccc(-c3cc(-c4ccc(-c5ccc6nc(-c7ccccc7)c7c(ccc8c7c7ccccc7n8-c7ccc(-c8ccc(C9=NC(c%10ccccc%10)=CC(c%10cccc(-c%11ccc%12nc(-c%13ccccc%13)c%13c(ccc%14c%13c%13ccccc%13n%14-c%13ccccc%13)c%12c%11)c%10)N9)cc8)cc7)c6c5)cc4)nc(-c4ccccc4)n3)cc21. The van der Waals surface area contributed by atoms with Crippen LogP contribution in [-0.4, -0.2) is 34.9 Å². The zero-order chi connectivity index (χ0) is 81.4.